The molecule has 1 atom stereocenters. The van der Waals surface area contributed by atoms with Crippen molar-refractivity contribution in [3.63, 3.8) is 0 Å². The summed E-state index contributed by atoms with van der Waals surface area (Å²) >= 11 is 0. The number of nitrogens with zero attached hydrogens (tertiary/aromatic N) is 2. The number of ether oxygens (including phenoxy) is 2. The van der Waals surface area contributed by atoms with Gasteiger partial charge in [0.25, 0.3) is 0 Å². The van der Waals surface area contributed by atoms with E-state index in [-0.39, 0.29) is 12.0 Å². The van der Waals surface area contributed by atoms with Crippen LogP contribution in [0.1, 0.15) is 37.8 Å². The molecule has 30 heavy (non-hydrogen) atoms. The minimum atomic E-state index is -0.173. The Kier molecular flexibility index (Phi) is 7.33. The summed E-state index contributed by atoms with van der Waals surface area (Å²) in [4.78, 5) is 20.4. The van der Waals surface area contributed by atoms with E-state index in [9.17, 15) is 4.79 Å². The van der Waals surface area contributed by atoms with E-state index in [1.165, 1.54) is 0 Å². The second kappa shape index (κ2) is 10.1. The van der Waals surface area contributed by atoms with Crippen LogP contribution in [-0.4, -0.2) is 43.4 Å². The number of oxime groups is 1. The van der Waals surface area contributed by atoms with Crippen molar-refractivity contribution in [1.29, 1.82) is 0 Å². The molecule has 0 saturated carbocycles. The van der Waals surface area contributed by atoms with Crippen LogP contribution in [0.3, 0.4) is 0 Å². The Morgan fingerprint density at radius 1 is 1.13 bits per heavy atom. The molecule has 0 aliphatic carbocycles. The molecule has 0 bridgehead atoms. The van der Waals surface area contributed by atoms with Crippen LogP contribution in [0.25, 0.3) is 0 Å². The summed E-state index contributed by atoms with van der Waals surface area (Å²) in [5.74, 6) is 1.76. The maximum Gasteiger partial charge on any atom is 0.223 e. The van der Waals surface area contributed by atoms with Crippen LogP contribution in [0.4, 0.5) is 0 Å². The smallest absolute Gasteiger partial charge is 0.223 e. The molecule has 0 aromatic heterocycles. The second-order valence-electron chi connectivity index (χ2n) is 7.90. The van der Waals surface area contributed by atoms with Crippen LogP contribution in [-0.2, 0) is 16.2 Å². The maximum absolute atomic E-state index is 12.9. The number of benzene rings is 2. The van der Waals surface area contributed by atoms with Gasteiger partial charge in [-0.3, -0.25) is 4.79 Å². The van der Waals surface area contributed by atoms with Gasteiger partial charge in [-0.05, 0) is 29.7 Å². The molecular formula is C24H30N2O4. The fourth-order valence-electron chi connectivity index (χ4n) is 3.50. The van der Waals surface area contributed by atoms with Gasteiger partial charge in [0.2, 0.25) is 5.91 Å². The highest BCUT2D eigenvalue weighted by Gasteiger charge is 2.27. The topological polar surface area (TPSA) is 60.4 Å². The zero-order valence-corrected chi connectivity index (χ0v) is 18.1. The van der Waals surface area contributed by atoms with Crippen LogP contribution in [0, 0.1) is 5.92 Å². The molecule has 160 valence electrons. The van der Waals surface area contributed by atoms with E-state index in [4.69, 9.17) is 14.3 Å². The highest BCUT2D eigenvalue weighted by molar-refractivity contribution is 6.01. The van der Waals surface area contributed by atoms with Gasteiger partial charge in [-0.15, -0.1) is 0 Å². The van der Waals surface area contributed by atoms with E-state index in [2.05, 4.69) is 19.0 Å². The van der Waals surface area contributed by atoms with Crippen LogP contribution >= 0.6 is 0 Å². The van der Waals surface area contributed by atoms with Crippen LogP contribution in [0.5, 0.6) is 11.5 Å². The zero-order chi connectivity index (χ0) is 21.5. The minimum absolute atomic E-state index is 0.136. The van der Waals surface area contributed by atoms with E-state index in [0.717, 1.165) is 16.8 Å². The second-order valence-corrected chi connectivity index (χ2v) is 7.90. The monoisotopic (exact) mass is 410 g/mol. The molecule has 6 heteroatoms. The minimum Gasteiger partial charge on any atom is -0.493 e. The van der Waals surface area contributed by atoms with Crippen LogP contribution in [0.15, 0.2) is 53.7 Å². The first-order chi connectivity index (χ1) is 14.5. The van der Waals surface area contributed by atoms with Gasteiger partial charge in [0.15, 0.2) is 17.6 Å². The number of amides is 1. The number of hydrogen-bond acceptors (Lipinski definition) is 5. The summed E-state index contributed by atoms with van der Waals surface area (Å²) < 4.78 is 10.7. The third-order valence-electron chi connectivity index (χ3n) is 5.03. The number of carbonyl (C=O) groups excluding carboxylic acids is 1. The van der Waals surface area contributed by atoms with Crippen molar-refractivity contribution in [2.45, 2.75) is 39.3 Å². The fourth-order valence-corrected chi connectivity index (χ4v) is 3.50. The van der Waals surface area contributed by atoms with Gasteiger partial charge >= 0.3 is 0 Å². The Hall–Kier alpha value is -3.02. The Bertz CT molecular complexity index is 880. The third-order valence-corrected chi connectivity index (χ3v) is 5.03. The maximum atomic E-state index is 12.9. The molecule has 0 spiro atoms. The lowest BCUT2D eigenvalue weighted by Crippen LogP contribution is -2.37. The summed E-state index contributed by atoms with van der Waals surface area (Å²) in [6.07, 6.45) is 0.978. The highest BCUT2D eigenvalue weighted by Crippen LogP contribution is 2.29. The fraction of sp³-hybridized carbons (Fsp3) is 0.417. The summed E-state index contributed by atoms with van der Waals surface area (Å²) in [6.45, 7) is 5.19. The van der Waals surface area contributed by atoms with Gasteiger partial charge in [0.05, 0.1) is 26.5 Å². The first-order valence-corrected chi connectivity index (χ1v) is 10.3. The summed E-state index contributed by atoms with van der Waals surface area (Å²) in [5, 5.41) is 4.28. The first-order valence-electron chi connectivity index (χ1n) is 10.3. The molecule has 0 radical (unpaired) electrons. The van der Waals surface area contributed by atoms with Gasteiger partial charge in [-0.1, -0.05) is 49.3 Å². The average Bonchev–Trinajstić information content (AvgIpc) is 3.21. The molecule has 0 N–H and O–H groups in total. The molecule has 6 nitrogen and oxygen atoms in total. The van der Waals surface area contributed by atoms with Crippen molar-refractivity contribution in [2.75, 3.05) is 20.8 Å². The van der Waals surface area contributed by atoms with Gasteiger partial charge in [-0.25, -0.2) is 0 Å². The summed E-state index contributed by atoms with van der Waals surface area (Å²) in [6, 6.07) is 15.7. The third kappa shape index (κ3) is 5.53. The van der Waals surface area contributed by atoms with Crippen LogP contribution in [0.2, 0.25) is 0 Å². The Labute approximate surface area is 178 Å². The van der Waals surface area contributed by atoms with Crippen LogP contribution < -0.4 is 9.47 Å². The van der Waals surface area contributed by atoms with E-state index in [0.29, 0.717) is 43.3 Å². The molecule has 0 fully saturated rings. The normalized spacial score (nSPS) is 15.5. The van der Waals surface area contributed by atoms with E-state index >= 15 is 0 Å². The number of carbonyl (C=O) groups is 1. The Balaban J connectivity index is 1.68. The molecule has 1 aliphatic rings. The molecule has 1 aliphatic heterocycles. The molecule has 2 aromatic carbocycles. The van der Waals surface area contributed by atoms with E-state index in [1.807, 2.05) is 53.4 Å². The van der Waals surface area contributed by atoms with Gasteiger partial charge in [0.1, 0.15) is 0 Å². The van der Waals surface area contributed by atoms with Gasteiger partial charge < -0.3 is 19.2 Å². The van der Waals surface area contributed by atoms with Crippen molar-refractivity contribution < 1.29 is 19.1 Å². The number of hydrogen-bond donors (Lipinski definition) is 0. The lowest BCUT2D eigenvalue weighted by atomic mass is 10.0. The lowest BCUT2D eigenvalue weighted by molar-refractivity contribution is -0.134. The Morgan fingerprint density at radius 3 is 2.53 bits per heavy atom. The first kappa shape index (κ1) is 21.7. The van der Waals surface area contributed by atoms with Crippen molar-refractivity contribution in [2.24, 2.45) is 11.1 Å². The van der Waals surface area contributed by atoms with Crippen molar-refractivity contribution in [1.82, 2.24) is 4.90 Å². The summed E-state index contributed by atoms with van der Waals surface area (Å²) in [7, 11) is 3.22. The Morgan fingerprint density at radius 2 is 1.87 bits per heavy atom. The number of methoxy groups -OCH3 is 2. The van der Waals surface area contributed by atoms with Crippen molar-refractivity contribution >= 4 is 11.6 Å². The molecule has 1 amide bonds. The predicted molar refractivity (Wildman–Crippen MR) is 117 cm³/mol. The SMILES string of the molecule is COc1ccc(C2=NOC(CN(Cc3ccccc3)C(=O)CC(C)C)C2)cc1OC. The molecule has 1 unspecified atom stereocenters. The molecule has 0 saturated heterocycles. The van der Waals surface area contributed by atoms with Gasteiger partial charge in [-0.2, -0.15) is 0 Å². The molecule has 1 heterocycles. The highest BCUT2D eigenvalue weighted by atomic mass is 16.6. The van der Waals surface area contributed by atoms with E-state index in [1.54, 1.807) is 14.2 Å². The predicted octanol–water partition coefficient (Wildman–Crippen LogP) is 4.27. The standard InChI is InChI=1S/C24H30N2O4/c1-17(2)12-24(27)26(15-18-8-6-5-7-9-18)16-20-14-21(25-30-20)19-10-11-22(28-3)23(13-19)29-4/h5-11,13,17,20H,12,14-16H2,1-4H3. The quantitative estimate of drug-likeness (QED) is 0.619. The zero-order valence-electron chi connectivity index (χ0n) is 18.1. The van der Waals surface area contributed by atoms with Gasteiger partial charge in [0, 0.05) is 24.9 Å². The molecular weight excluding hydrogens is 380 g/mol. The van der Waals surface area contributed by atoms with Crippen molar-refractivity contribution in [3.05, 3.63) is 59.7 Å². The van der Waals surface area contributed by atoms with E-state index < -0.39 is 0 Å². The molecule has 3 rings (SSSR count). The lowest BCUT2D eigenvalue weighted by Gasteiger charge is -2.26. The van der Waals surface area contributed by atoms with Crippen molar-refractivity contribution in [3.8, 4) is 11.5 Å². The largest absolute Gasteiger partial charge is 0.493 e. The molecule has 2 aromatic rings. The number of rotatable bonds is 9. The summed E-state index contributed by atoms with van der Waals surface area (Å²) in [5.41, 5.74) is 2.88. The average molecular weight is 411 g/mol.